The first-order valence-electron chi connectivity index (χ1n) is 7.19. The molecule has 21 heavy (non-hydrogen) atoms. The number of alkyl halides is 1. The summed E-state index contributed by atoms with van der Waals surface area (Å²) in [7, 11) is 0. The molecule has 5 heteroatoms. The van der Waals surface area contributed by atoms with Crippen LogP contribution in [0.25, 0.3) is 4.96 Å². The number of anilines is 1. The van der Waals surface area contributed by atoms with Crippen LogP contribution in [0.3, 0.4) is 0 Å². The summed E-state index contributed by atoms with van der Waals surface area (Å²) in [6.07, 6.45) is 4.20. The molecular weight excluding hydrogens is 302 g/mol. The lowest BCUT2D eigenvalue weighted by Crippen LogP contribution is -2.27. The molecule has 0 fully saturated rings. The van der Waals surface area contributed by atoms with E-state index in [0.29, 0.717) is 5.88 Å². The van der Waals surface area contributed by atoms with Gasteiger partial charge in [0, 0.05) is 24.7 Å². The molecule has 3 aromatic rings. The van der Waals surface area contributed by atoms with Crippen molar-refractivity contribution in [3.63, 3.8) is 0 Å². The molecule has 1 aromatic carbocycles. The number of hydrogen-bond donors (Lipinski definition) is 0. The molecule has 3 heterocycles. The normalized spacial score (nSPS) is 15.2. The third-order valence-corrected chi connectivity index (χ3v) is 5.20. The molecule has 1 aliphatic rings. The van der Waals surface area contributed by atoms with Crippen molar-refractivity contribution in [2.45, 2.75) is 18.7 Å². The fourth-order valence-electron chi connectivity index (χ4n) is 3.08. The summed E-state index contributed by atoms with van der Waals surface area (Å²) in [6, 6.07) is 8.75. The lowest BCUT2D eigenvalue weighted by molar-refractivity contribution is 0.789. The second-order valence-electron chi connectivity index (χ2n) is 5.33. The molecule has 0 unspecified atom stereocenters. The summed E-state index contributed by atoms with van der Waals surface area (Å²) >= 11 is 7.84. The Morgan fingerprint density at radius 3 is 2.52 bits per heavy atom. The van der Waals surface area contributed by atoms with Gasteiger partial charge in [-0.15, -0.1) is 22.9 Å². The van der Waals surface area contributed by atoms with Crippen molar-refractivity contribution < 1.29 is 0 Å². The van der Waals surface area contributed by atoms with Crippen molar-refractivity contribution in [1.29, 1.82) is 0 Å². The lowest BCUT2D eigenvalue weighted by atomic mass is 10.0. The van der Waals surface area contributed by atoms with E-state index >= 15 is 0 Å². The van der Waals surface area contributed by atoms with E-state index in [1.165, 1.54) is 11.1 Å². The van der Waals surface area contributed by atoms with Crippen LogP contribution >= 0.6 is 22.9 Å². The van der Waals surface area contributed by atoms with Gasteiger partial charge in [0.1, 0.15) is 0 Å². The average Bonchev–Trinajstić information content (AvgIpc) is 3.02. The molecule has 0 atom stereocenters. The SMILES string of the molecule is ClCc1c(N2CCc3ccccc3CC2)nc2sccn12. The van der Waals surface area contributed by atoms with Crippen molar-refractivity contribution in [2.24, 2.45) is 0 Å². The van der Waals surface area contributed by atoms with Gasteiger partial charge in [0.25, 0.3) is 0 Å². The summed E-state index contributed by atoms with van der Waals surface area (Å²) < 4.78 is 2.12. The minimum atomic E-state index is 0.497. The van der Waals surface area contributed by atoms with E-state index in [0.717, 1.165) is 42.4 Å². The quantitative estimate of drug-likeness (QED) is 0.671. The van der Waals surface area contributed by atoms with Crippen LogP contribution in [0.5, 0.6) is 0 Å². The Morgan fingerprint density at radius 2 is 1.86 bits per heavy atom. The maximum atomic E-state index is 6.18. The molecule has 2 aromatic heterocycles. The molecule has 1 aliphatic heterocycles. The zero-order chi connectivity index (χ0) is 14.2. The fraction of sp³-hybridized carbons (Fsp3) is 0.312. The maximum absolute atomic E-state index is 6.18. The van der Waals surface area contributed by atoms with Gasteiger partial charge in [-0.05, 0) is 24.0 Å². The topological polar surface area (TPSA) is 20.5 Å². The number of halogens is 1. The smallest absolute Gasteiger partial charge is 0.195 e. The highest BCUT2D eigenvalue weighted by atomic mass is 35.5. The largest absolute Gasteiger partial charge is 0.354 e. The Kier molecular flexibility index (Phi) is 3.36. The third kappa shape index (κ3) is 2.23. The number of fused-ring (bicyclic) bond motifs is 2. The second-order valence-corrected chi connectivity index (χ2v) is 6.47. The van der Waals surface area contributed by atoms with Crippen molar-refractivity contribution in [2.75, 3.05) is 18.0 Å². The molecule has 0 spiro atoms. The number of aromatic nitrogens is 2. The first kappa shape index (κ1) is 13.2. The highest BCUT2D eigenvalue weighted by molar-refractivity contribution is 7.15. The Morgan fingerprint density at radius 1 is 1.14 bits per heavy atom. The van der Waals surface area contributed by atoms with Crippen molar-refractivity contribution in [3.05, 3.63) is 52.7 Å². The van der Waals surface area contributed by atoms with Gasteiger partial charge >= 0.3 is 0 Å². The summed E-state index contributed by atoms with van der Waals surface area (Å²) in [6.45, 7) is 2.01. The summed E-state index contributed by atoms with van der Waals surface area (Å²) in [5, 5.41) is 2.06. The van der Waals surface area contributed by atoms with Crippen LogP contribution in [0.1, 0.15) is 16.8 Å². The Bertz CT molecular complexity index is 750. The first-order chi connectivity index (χ1) is 10.4. The zero-order valence-corrected chi connectivity index (χ0v) is 13.2. The van der Waals surface area contributed by atoms with Crippen LogP contribution in [-0.4, -0.2) is 22.5 Å². The minimum Gasteiger partial charge on any atom is -0.354 e. The number of rotatable bonds is 2. The first-order valence-corrected chi connectivity index (χ1v) is 8.60. The van der Waals surface area contributed by atoms with Crippen molar-refractivity contribution in [1.82, 2.24) is 9.38 Å². The van der Waals surface area contributed by atoms with Crippen LogP contribution in [-0.2, 0) is 18.7 Å². The Balaban J connectivity index is 1.69. The van der Waals surface area contributed by atoms with Gasteiger partial charge in [-0.1, -0.05) is 24.3 Å². The fourth-order valence-corrected chi connectivity index (χ4v) is 4.05. The molecular formula is C16H16ClN3S. The second kappa shape index (κ2) is 5.35. The van der Waals surface area contributed by atoms with Crippen LogP contribution in [0.2, 0.25) is 0 Å². The monoisotopic (exact) mass is 317 g/mol. The molecule has 0 saturated carbocycles. The summed E-state index contributed by atoms with van der Waals surface area (Å²) in [5.41, 5.74) is 4.04. The molecule has 108 valence electrons. The highest BCUT2D eigenvalue weighted by Gasteiger charge is 2.20. The predicted octanol–water partition coefficient (Wildman–Crippen LogP) is 3.74. The molecule has 4 rings (SSSR count). The Labute approximate surface area is 132 Å². The number of benzene rings is 1. The van der Waals surface area contributed by atoms with Gasteiger partial charge in [-0.3, -0.25) is 4.40 Å². The number of nitrogens with zero attached hydrogens (tertiary/aromatic N) is 3. The minimum absolute atomic E-state index is 0.497. The lowest BCUT2D eigenvalue weighted by Gasteiger charge is -2.21. The summed E-state index contributed by atoms with van der Waals surface area (Å²) in [4.78, 5) is 8.21. The van der Waals surface area contributed by atoms with Crippen LogP contribution in [0.4, 0.5) is 5.82 Å². The zero-order valence-electron chi connectivity index (χ0n) is 11.6. The number of thiazole rings is 1. The highest BCUT2D eigenvalue weighted by Crippen LogP contribution is 2.28. The van der Waals surface area contributed by atoms with Gasteiger partial charge in [-0.2, -0.15) is 0 Å². The number of imidazole rings is 1. The predicted molar refractivity (Wildman–Crippen MR) is 88.7 cm³/mol. The molecule has 0 radical (unpaired) electrons. The average molecular weight is 318 g/mol. The standard InChI is InChI=1S/C16H16ClN3S/c17-11-14-15(18-16-20(14)9-10-21-16)19-7-5-12-3-1-2-4-13(12)6-8-19/h1-4,9-10H,5-8,11H2. The van der Waals surface area contributed by atoms with E-state index in [1.807, 2.05) is 0 Å². The molecule has 0 aliphatic carbocycles. The van der Waals surface area contributed by atoms with Gasteiger partial charge in [0.2, 0.25) is 0 Å². The van der Waals surface area contributed by atoms with E-state index < -0.39 is 0 Å². The third-order valence-electron chi connectivity index (χ3n) is 4.19. The van der Waals surface area contributed by atoms with Crippen LogP contribution in [0.15, 0.2) is 35.8 Å². The Hall–Kier alpha value is -1.52. The van der Waals surface area contributed by atoms with E-state index in [-0.39, 0.29) is 0 Å². The van der Waals surface area contributed by atoms with Crippen molar-refractivity contribution >= 4 is 33.7 Å². The van der Waals surface area contributed by atoms with Crippen LogP contribution in [0, 0.1) is 0 Å². The molecule has 3 nitrogen and oxygen atoms in total. The molecule has 0 bridgehead atoms. The number of hydrogen-bond acceptors (Lipinski definition) is 3. The van der Waals surface area contributed by atoms with Crippen molar-refractivity contribution in [3.8, 4) is 0 Å². The van der Waals surface area contributed by atoms with Gasteiger partial charge in [-0.25, -0.2) is 4.98 Å². The molecule has 0 amide bonds. The van der Waals surface area contributed by atoms with E-state index in [1.54, 1.807) is 11.3 Å². The van der Waals surface area contributed by atoms with E-state index in [9.17, 15) is 0 Å². The van der Waals surface area contributed by atoms with E-state index in [2.05, 4.69) is 45.1 Å². The molecule has 0 saturated heterocycles. The summed E-state index contributed by atoms with van der Waals surface area (Å²) in [5.74, 6) is 1.56. The van der Waals surface area contributed by atoms with Crippen LogP contribution < -0.4 is 4.90 Å². The van der Waals surface area contributed by atoms with Gasteiger partial charge in [0.05, 0.1) is 11.6 Å². The molecule has 0 N–H and O–H groups in total. The van der Waals surface area contributed by atoms with Gasteiger partial charge < -0.3 is 4.90 Å². The van der Waals surface area contributed by atoms with E-state index in [4.69, 9.17) is 16.6 Å². The maximum Gasteiger partial charge on any atom is 0.195 e. The van der Waals surface area contributed by atoms with Gasteiger partial charge in [0.15, 0.2) is 10.8 Å².